The SMILES string of the molecule is CCCC1C(CC)C1COC(=O)/C=C/c1cccc(N)c1. The summed E-state index contributed by atoms with van der Waals surface area (Å²) in [5, 5.41) is 0. The van der Waals surface area contributed by atoms with Crippen LogP contribution >= 0.6 is 0 Å². The van der Waals surface area contributed by atoms with Gasteiger partial charge in [-0.3, -0.25) is 0 Å². The summed E-state index contributed by atoms with van der Waals surface area (Å²) in [6, 6.07) is 7.42. The van der Waals surface area contributed by atoms with E-state index in [4.69, 9.17) is 10.5 Å². The average molecular weight is 287 g/mol. The van der Waals surface area contributed by atoms with Gasteiger partial charge in [-0.2, -0.15) is 0 Å². The molecule has 1 saturated carbocycles. The van der Waals surface area contributed by atoms with Gasteiger partial charge in [0.2, 0.25) is 0 Å². The van der Waals surface area contributed by atoms with Gasteiger partial charge in [0, 0.05) is 11.8 Å². The summed E-state index contributed by atoms with van der Waals surface area (Å²) in [5.74, 6) is 1.80. The Balaban J connectivity index is 1.78. The van der Waals surface area contributed by atoms with Gasteiger partial charge in [-0.25, -0.2) is 4.79 Å². The fourth-order valence-electron chi connectivity index (χ4n) is 3.19. The molecule has 114 valence electrons. The first-order valence-electron chi connectivity index (χ1n) is 7.86. The summed E-state index contributed by atoms with van der Waals surface area (Å²) < 4.78 is 5.37. The molecule has 1 aromatic carbocycles. The van der Waals surface area contributed by atoms with Crippen LogP contribution in [0.15, 0.2) is 30.3 Å². The monoisotopic (exact) mass is 287 g/mol. The van der Waals surface area contributed by atoms with Crippen molar-refractivity contribution in [1.82, 2.24) is 0 Å². The van der Waals surface area contributed by atoms with Crippen molar-refractivity contribution in [2.24, 2.45) is 17.8 Å². The highest BCUT2D eigenvalue weighted by Crippen LogP contribution is 2.51. The van der Waals surface area contributed by atoms with Gasteiger partial charge in [0.15, 0.2) is 0 Å². The number of hydrogen-bond acceptors (Lipinski definition) is 3. The van der Waals surface area contributed by atoms with E-state index in [0.29, 0.717) is 18.2 Å². The van der Waals surface area contributed by atoms with Crippen LogP contribution in [0.5, 0.6) is 0 Å². The molecular formula is C18H25NO2. The van der Waals surface area contributed by atoms with E-state index in [1.807, 2.05) is 24.3 Å². The Morgan fingerprint density at radius 2 is 2.10 bits per heavy atom. The number of carbonyl (C=O) groups is 1. The van der Waals surface area contributed by atoms with Gasteiger partial charge >= 0.3 is 5.97 Å². The van der Waals surface area contributed by atoms with Crippen molar-refractivity contribution >= 4 is 17.7 Å². The molecule has 3 nitrogen and oxygen atoms in total. The largest absolute Gasteiger partial charge is 0.462 e. The number of nitrogen functional groups attached to an aromatic ring is 1. The third-order valence-corrected chi connectivity index (χ3v) is 4.34. The predicted octanol–water partition coefficient (Wildman–Crippen LogP) is 3.90. The zero-order valence-corrected chi connectivity index (χ0v) is 12.9. The highest BCUT2D eigenvalue weighted by molar-refractivity contribution is 5.87. The molecule has 3 atom stereocenters. The van der Waals surface area contributed by atoms with E-state index in [-0.39, 0.29) is 5.97 Å². The number of ether oxygens (including phenoxy) is 1. The molecule has 2 rings (SSSR count). The van der Waals surface area contributed by atoms with Crippen LogP contribution in [0, 0.1) is 17.8 Å². The maximum Gasteiger partial charge on any atom is 0.330 e. The Kier molecular flexibility index (Phi) is 5.43. The maximum atomic E-state index is 11.8. The van der Waals surface area contributed by atoms with Gasteiger partial charge in [0.05, 0.1) is 6.61 Å². The standard InChI is InChI=1S/C18H25NO2/c1-3-6-16-15(4-2)17(16)12-21-18(20)10-9-13-7-5-8-14(19)11-13/h5,7-11,15-17H,3-4,6,12,19H2,1-2H3/b10-9+. The van der Waals surface area contributed by atoms with Crippen molar-refractivity contribution in [1.29, 1.82) is 0 Å². The molecule has 1 aliphatic carbocycles. The maximum absolute atomic E-state index is 11.8. The van der Waals surface area contributed by atoms with Gasteiger partial charge in [-0.05, 0) is 41.5 Å². The van der Waals surface area contributed by atoms with Crippen molar-refractivity contribution in [3.63, 3.8) is 0 Å². The number of nitrogens with two attached hydrogens (primary N) is 1. The fourth-order valence-corrected chi connectivity index (χ4v) is 3.19. The van der Waals surface area contributed by atoms with Crippen molar-refractivity contribution in [2.45, 2.75) is 33.1 Å². The first-order valence-corrected chi connectivity index (χ1v) is 7.86. The Labute approximate surface area is 127 Å². The van der Waals surface area contributed by atoms with Crippen molar-refractivity contribution < 1.29 is 9.53 Å². The van der Waals surface area contributed by atoms with Crippen LogP contribution in [0.4, 0.5) is 5.69 Å². The Morgan fingerprint density at radius 3 is 2.76 bits per heavy atom. The molecule has 0 aromatic heterocycles. The first kappa shape index (κ1) is 15.6. The van der Waals surface area contributed by atoms with E-state index in [1.54, 1.807) is 6.08 Å². The van der Waals surface area contributed by atoms with Gasteiger partial charge < -0.3 is 10.5 Å². The molecule has 2 N–H and O–H groups in total. The summed E-state index contributed by atoms with van der Waals surface area (Å²) in [6.07, 6.45) is 6.87. The quantitative estimate of drug-likeness (QED) is 0.470. The summed E-state index contributed by atoms with van der Waals surface area (Å²) in [5.41, 5.74) is 7.30. The summed E-state index contributed by atoms with van der Waals surface area (Å²) in [7, 11) is 0. The number of anilines is 1. The first-order chi connectivity index (χ1) is 10.2. The van der Waals surface area contributed by atoms with Gasteiger partial charge in [-0.1, -0.05) is 45.2 Å². The Hall–Kier alpha value is -1.77. The van der Waals surface area contributed by atoms with Gasteiger partial charge in [0.1, 0.15) is 0 Å². The third kappa shape index (κ3) is 4.35. The summed E-state index contributed by atoms with van der Waals surface area (Å²) in [6.45, 7) is 4.99. The zero-order chi connectivity index (χ0) is 15.2. The van der Waals surface area contributed by atoms with Crippen molar-refractivity contribution in [3.8, 4) is 0 Å². The van der Waals surface area contributed by atoms with Crippen LogP contribution in [0.3, 0.4) is 0 Å². The van der Waals surface area contributed by atoms with Crippen LogP contribution < -0.4 is 5.73 Å². The lowest BCUT2D eigenvalue weighted by Crippen LogP contribution is -2.05. The fraction of sp³-hybridized carbons (Fsp3) is 0.500. The van der Waals surface area contributed by atoms with Crippen molar-refractivity contribution in [3.05, 3.63) is 35.9 Å². The van der Waals surface area contributed by atoms with E-state index in [9.17, 15) is 4.79 Å². The van der Waals surface area contributed by atoms with Crippen LogP contribution in [-0.4, -0.2) is 12.6 Å². The molecule has 3 heteroatoms. The highest BCUT2D eigenvalue weighted by Gasteiger charge is 2.47. The van der Waals surface area contributed by atoms with Crippen LogP contribution in [0.2, 0.25) is 0 Å². The normalized spacial score (nSPS) is 24.2. The lowest BCUT2D eigenvalue weighted by molar-refractivity contribution is -0.138. The van der Waals surface area contributed by atoms with Crippen molar-refractivity contribution in [2.75, 3.05) is 12.3 Å². The van der Waals surface area contributed by atoms with Crippen LogP contribution in [-0.2, 0) is 9.53 Å². The minimum Gasteiger partial charge on any atom is -0.462 e. The molecule has 1 aliphatic rings. The number of benzene rings is 1. The lowest BCUT2D eigenvalue weighted by atomic mass is 10.2. The lowest BCUT2D eigenvalue weighted by Gasteiger charge is -2.01. The molecule has 1 aromatic rings. The molecular weight excluding hydrogens is 262 g/mol. The molecule has 0 spiro atoms. The van der Waals surface area contributed by atoms with Gasteiger partial charge in [-0.15, -0.1) is 0 Å². The molecule has 3 unspecified atom stereocenters. The molecule has 0 aliphatic heterocycles. The molecule has 1 fully saturated rings. The topological polar surface area (TPSA) is 52.3 Å². The van der Waals surface area contributed by atoms with E-state index < -0.39 is 0 Å². The highest BCUT2D eigenvalue weighted by atomic mass is 16.5. The third-order valence-electron chi connectivity index (χ3n) is 4.34. The molecule has 0 bridgehead atoms. The van der Waals surface area contributed by atoms with E-state index in [0.717, 1.165) is 17.4 Å². The van der Waals surface area contributed by atoms with E-state index in [2.05, 4.69) is 13.8 Å². The van der Waals surface area contributed by atoms with E-state index in [1.165, 1.54) is 25.3 Å². The number of hydrogen-bond donors (Lipinski definition) is 1. The van der Waals surface area contributed by atoms with E-state index >= 15 is 0 Å². The molecule has 0 radical (unpaired) electrons. The minimum atomic E-state index is -0.269. The minimum absolute atomic E-state index is 0.269. The predicted molar refractivity (Wildman–Crippen MR) is 86.5 cm³/mol. The summed E-state index contributed by atoms with van der Waals surface area (Å²) >= 11 is 0. The Bertz CT molecular complexity index is 510. The second-order valence-electron chi connectivity index (χ2n) is 5.82. The summed E-state index contributed by atoms with van der Waals surface area (Å²) in [4.78, 5) is 11.8. The van der Waals surface area contributed by atoms with Gasteiger partial charge in [0.25, 0.3) is 0 Å². The zero-order valence-electron chi connectivity index (χ0n) is 12.9. The average Bonchev–Trinajstić information content (AvgIpc) is 3.15. The second-order valence-corrected chi connectivity index (χ2v) is 5.82. The Morgan fingerprint density at radius 1 is 1.29 bits per heavy atom. The molecule has 0 saturated heterocycles. The number of rotatable bonds is 7. The molecule has 21 heavy (non-hydrogen) atoms. The molecule has 0 amide bonds. The van der Waals surface area contributed by atoms with Crippen LogP contribution in [0.25, 0.3) is 6.08 Å². The smallest absolute Gasteiger partial charge is 0.330 e. The number of carbonyl (C=O) groups excluding carboxylic acids is 1. The number of esters is 1. The molecule has 0 heterocycles. The van der Waals surface area contributed by atoms with Crippen LogP contribution in [0.1, 0.15) is 38.7 Å². The second kappa shape index (κ2) is 7.30.